The first-order chi connectivity index (χ1) is 17.7. The van der Waals surface area contributed by atoms with Crippen LogP contribution in [0.15, 0.2) is 85.3 Å². The lowest BCUT2D eigenvalue weighted by atomic mass is 9.95. The molecule has 0 aliphatic rings. The van der Waals surface area contributed by atoms with Crippen LogP contribution in [0.25, 0.3) is 71.4 Å². The molecule has 3 aromatic carbocycles. The van der Waals surface area contributed by atoms with Crippen molar-refractivity contribution in [2.75, 3.05) is 0 Å². The van der Waals surface area contributed by atoms with Crippen molar-refractivity contribution in [3.05, 3.63) is 96.4 Å². The van der Waals surface area contributed by atoms with E-state index in [2.05, 4.69) is 82.8 Å². The van der Waals surface area contributed by atoms with E-state index in [9.17, 15) is 0 Å². The number of aryl methyl sites for hydroxylation is 2. The molecule has 0 unspecified atom stereocenters. The average molecular weight is 464 g/mol. The Bertz CT molecular complexity index is 2180. The van der Waals surface area contributed by atoms with E-state index in [0.717, 1.165) is 49.5 Å². The Morgan fingerprint density at radius 3 is 2.50 bits per heavy atom. The smallest absolute Gasteiger partial charge is 0.147 e. The highest BCUT2D eigenvalue weighted by molar-refractivity contribution is 6.26. The lowest BCUT2D eigenvalue weighted by molar-refractivity contribution is 1.23. The maximum absolute atomic E-state index is 4.98. The van der Waals surface area contributed by atoms with E-state index in [0.29, 0.717) is 0 Å². The van der Waals surface area contributed by atoms with E-state index in [1.54, 1.807) is 0 Å². The number of hydrogen-bond donors (Lipinski definition) is 1. The van der Waals surface area contributed by atoms with Gasteiger partial charge in [0.2, 0.25) is 0 Å². The normalized spacial score (nSPS) is 12.2. The number of hydrogen-bond acceptors (Lipinski definition) is 3. The molecule has 0 saturated carbocycles. The van der Waals surface area contributed by atoms with E-state index < -0.39 is 0 Å². The Balaban J connectivity index is 1.55. The van der Waals surface area contributed by atoms with E-state index >= 15 is 0 Å². The number of rotatable bonds is 1. The average Bonchev–Trinajstić information content (AvgIpc) is 3.47. The topological polar surface area (TPSA) is 58.9 Å². The molecule has 0 spiro atoms. The van der Waals surface area contributed by atoms with Crippen LogP contribution >= 0.6 is 0 Å². The number of aromatic nitrogens is 5. The number of benzene rings is 3. The van der Waals surface area contributed by atoms with Crippen LogP contribution in [-0.2, 0) is 0 Å². The molecule has 5 heterocycles. The van der Waals surface area contributed by atoms with Crippen LogP contribution in [-0.4, -0.2) is 24.3 Å². The molecular weight excluding hydrogens is 442 g/mol. The Kier molecular flexibility index (Phi) is 3.74. The summed E-state index contributed by atoms with van der Waals surface area (Å²) in [6, 6.07) is 23.8. The molecule has 0 radical (unpaired) electrons. The lowest BCUT2D eigenvalue weighted by Crippen LogP contribution is -1.94. The van der Waals surface area contributed by atoms with Gasteiger partial charge in [0.25, 0.3) is 0 Å². The Labute approximate surface area is 206 Å². The molecule has 1 N–H and O–H groups in total. The number of nitrogens with zero attached hydrogens (tertiary/aromatic N) is 4. The number of imidazole rings is 1. The summed E-state index contributed by atoms with van der Waals surface area (Å²) >= 11 is 0. The Morgan fingerprint density at radius 2 is 1.58 bits per heavy atom. The molecule has 5 aromatic heterocycles. The summed E-state index contributed by atoms with van der Waals surface area (Å²) < 4.78 is 2.16. The molecule has 5 nitrogen and oxygen atoms in total. The molecular formula is C31H21N5. The van der Waals surface area contributed by atoms with Crippen LogP contribution in [0.1, 0.15) is 11.1 Å². The number of fused-ring (bicyclic) bond motifs is 12. The van der Waals surface area contributed by atoms with Gasteiger partial charge in [-0.25, -0.2) is 9.97 Å². The lowest BCUT2D eigenvalue weighted by Gasteiger charge is -2.10. The van der Waals surface area contributed by atoms with Crippen molar-refractivity contribution in [1.29, 1.82) is 0 Å². The minimum atomic E-state index is 0.868. The van der Waals surface area contributed by atoms with Crippen LogP contribution in [0.4, 0.5) is 0 Å². The summed E-state index contributed by atoms with van der Waals surface area (Å²) in [5.41, 5.74) is 11.0. The van der Waals surface area contributed by atoms with Crippen molar-refractivity contribution >= 4 is 60.3 Å². The molecule has 0 aliphatic heterocycles. The second-order valence-corrected chi connectivity index (χ2v) is 9.57. The fourth-order valence-corrected chi connectivity index (χ4v) is 5.85. The molecule has 5 heteroatoms. The number of nitrogens with one attached hydrogen (secondary N) is 1. The number of pyridine rings is 3. The minimum Gasteiger partial charge on any atom is -0.354 e. The van der Waals surface area contributed by atoms with Crippen LogP contribution in [0.2, 0.25) is 0 Å². The number of aromatic amines is 1. The fraction of sp³-hybridized carbons (Fsp3) is 0.0645. The molecule has 0 saturated heterocycles. The predicted octanol–water partition coefficient (Wildman–Crippen LogP) is 7.50. The van der Waals surface area contributed by atoms with Gasteiger partial charge in [-0.3, -0.25) is 9.38 Å². The largest absolute Gasteiger partial charge is 0.354 e. The highest BCUT2D eigenvalue weighted by atomic mass is 15.1. The van der Waals surface area contributed by atoms with Gasteiger partial charge in [0.05, 0.1) is 17.2 Å². The van der Waals surface area contributed by atoms with Crippen molar-refractivity contribution in [2.24, 2.45) is 0 Å². The third-order valence-corrected chi connectivity index (χ3v) is 7.52. The molecule has 0 aliphatic carbocycles. The second-order valence-electron chi connectivity index (χ2n) is 9.57. The van der Waals surface area contributed by atoms with Gasteiger partial charge in [-0.05, 0) is 72.5 Å². The summed E-state index contributed by atoms with van der Waals surface area (Å²) in [6.07, 6.45) is 5.48. The zero-order valence-electron chi connectivity index (χ0n) is 19.9. The van der Waals surface area contributed by atoms with Crippen molar-refractivity contribution < 1.29 is 0 Å². The quantitative estimate of drug-likeness (QED) is 0.256. The monoisotopic (exact) mass is 463 g/mol. The van der Waals surface area contributed by atoms with Crippen LogP contribution in [0, 0.1) is 13.8 Å². The standard InChI is InChI=1S/C31H21N5/c1-17-6-3-4-7-19(17)23-15-25-24(14-18(23)2)20-9-10-22-28(29(20)34-25)21-8-5-12-33-30(21)36-27-11-13-32-16-26(27)35-31(22)36/h3-16,34H,1-2H3. The maximum Gasteiger partial charge on any atom is 0.147 e. The summed E-state index contributed by atoms with van der Waals surface area (Å²) in [5.74, 6) is 0. The molecule has 0 bridgehead atoms. The molecule has 8 rings (SSSR count). The van der Waals surface area contributed by atoms with Gasteiger partial charge >= 0.3 is 0 Å². The van der Waals surface area contributed by atoms with Crippen LogP contribution in [0.3, 0.4) is 0 Å². The van der Waals surface area contributed by atoms with Gasteiger partial charge in [0.1, 0.15) is 16.8 Å². The minimum absolute atomic E-state index is 0.868. The first-order valence-corrected chi connectivity index (χ1v) is 12.1. The van der Waals surface area contributed by atoms with Crippen LogP contribution in [0.5, 0.6) is 0 Å². The maximum atomic E-state index is 4.98. The second kappa shape index (κ2) is 6.89. The molecule has 8 aromatic rings. The first-order valence-electron chi connectivity index (χ1n) is 12.1. The van der Waals surface area contributed by atoms with E-state index in [-0.39, 0.29) is 0 Å². The van der Waals surface area contributed by atoms with Gasteiger partial charge in [-0.15, -0.1) is 0 Å². The summed E-state index contributed by atoms with van der Waals surface area (Å²) in [7, 11) is 0. The van der Waals surface area contributed by atoms with Crippen molar-refractivity contribution in [1.82, 2.24) is 24.3 Å². The van der Waals surface area contributed by atoms with Gasteiger partial charge in [-0.1, -0.05) is 30.3 Å². The van der Waals surface area contributed by atoms with Crippen molar-refractivity contribution in [3.8, 4) is 11.1 Å². The van der Waals surface area contributed by atoms with E-state index in [1.807, 2.05) is 30.7 Å². The number of H-pyrrole nitrogens is 1. The zero-order valence-corrected chi connectivity index (χ0v) is 19.9. The van der Waals surface area contributed by atoms with Gasteiger partial charge in [-0.2, -0.15) is 0 Å². The fourth-order valence-electron chi connectivity index (χ4n) is 5.85. The zero-order chi connectivity index (χ0) is 24.0. The molecule has 0 atom stereocenters. The highest BCUT2D eigenvalue weighted by Gasteiger charge is 2.18. The van der Waals surface area contributed by atoms with Gasteiger partial charge < -0.3 is 4.98 Å². The third-order valence-electron chi connectivity index (χ3n) is 7.52. The molecule has 36 heavy (non-hydrogen) atoms. The van der Waals surface area contributed by atoms with Crippen molar-refractivity contribution in [3.63, 3.8) is 0 Å². The molecule has 0 fully saturated rings. The van der Waals surface area contributed by atoms with Crippen LogP contribution < -0.4 is 0 Å². The van der Waals surface area contributed by atoms with E-state index in [1.165, 1.54) is 33.0 Å². The first kappa shape index (κ1) is 19.5. The molecule has 170 valence electrons. The van der Waals surface area contributed by atoms with Gasteiger partial charge in [0, 0.05) is 44.8 Å². The summed E-state index contributed by atoms with van der Waals surface area (Å²) in [6.45, 7) is 4.38. The predicted molar refractivity (Wildman–Crippen MR) is 148 cm³/mol. The van der Waals surface area contributed by atoms with Gasteiger partial charge in [0.15, 0.2) is 0 Å². The molecule has 0 amide bonds. The SMILES string of the molecule is Cc1ccccc1-c1cc2[nH]c3c(ccc4c3c3cccnc3n3c5ccncc5nc43)c2cc1C. The highest BCUT2D eigenvalue weighted by Crippen LogP contribution is 2.40. The van der Waals surface area contributed by atoms with Crippen molar-refractivity contribution in [2.45, 2.75) is 13.8 Å². The third kappa shape index (κ3) is 2.46. The summed E-state index contributed by atoms with van der Waals surface area (Å²) in [4.78, 5) is 17.9. The van der Waals surface area contributed by atoms with E-state index in [4.69, 9.17) is 9.97 Å². The summed E-state index contributed by atoms with van der Waals surface area (Å²) in [5, 5.41) is 5.80. The Morgan fingerprint density at radius 1 is 0.722 bits per heavy atom. The Hall–Kier alpha value is -4.77.